The molecule has 156 valence electrons. The van der Waals surface area contributed by atoms with Gasteiger partial charge >= 0.3 is 6.03 Å². The highest BCUT2D eigenvalue weighted by molar-refractivity contribution is 7.91. The highest BCUT2D eigenvalue weighted by Crippen LogP contribution is 2.28. The van der Waals surface area contributed by atoms with Crippen LogP contribution >= 0.6 is 23.2 Å². The van der Waals surface area contributed by atoms with E-state index in [1.54, 1.807) is 54.7 Å². The van der Waals surface area contributed by atoms with Gasteiger partial charge in [-0.25, -0.2) is 13.2 Å². The summed E-state index contributed by atoms with van der Waals surface area (Å²) in [6.45, 7) is 1.74. The zero-order chi connectivity index (χ0) is 21.7. The fraction of sp³-hybridized carbons (Fsp3) is 0.143. The molecule has 2 amide bonds. The van der Waals surface area contributed by atoms with Crippen molar-refractivity contribution in [3.05, 3.63) is 88.2 Å². The van der Waals surface area contributed by atoms with Crippen molar-refractivity contribution in [1.29, 1.82) is 0 Å². The summed E-state index contributed by atoms with van der Waals surface area (Å²) in [4.78, 5) is 16.5. The van der Waals surface area contributed by atoms with Gasteiger partial charge in [0.1, 0.15) is 5.25 Å². The molecule has 0 aliphatic heterocycles. The maximum absolute atomic E-state index is 13.3. The van der Waals surface area contributed by atoms with E-state index >= 15 is 0 Å². The molecule has 0 fully saturated rings. The van der Waals surface area contributed by atoms with Gasteiger partial charge in [0.15, 0.2) is 9.84 Å². The largest absolute Gasteiger partial charge is 0.336 e. The lowest BCUT2D eigenvalue weighted by molar-refractivity contribution is 0.252. The number of anilines is 1. The van der Waals surface area contributed by atoms with E-state index in [9.17, 15) is 13.2 Å². The molecule has 3 rings (SSSR count). The number of sulfone groups is 1. The van der Waals surface area contributed by atoms with Crippen LogP contribution in [0.5, 0.6) is 0 Å². The molecule has 0 aliphatic carbocycles. The van der Waals surface area contributed by atoms with Crippen LogP contribution in [-0.2, 0) is 9.84 Å². The van der Waals surface area contributed by atoms with Crippen LogP contribution in [0.2, 0.25) is 10.0 Å². The Hall–Kier alpha value is -2.61. The number of carbonyl (C=O) groups excluding carboxylic acids is 1. The fourth-order valence-electron chi connectivity index (χ4n) is 2.80. The third-order valence-corrected chi connectivity index (χ3v) is 7.26. The number of nitrogens with zero attached hydrogens (tertiary/aromatic N) is 1. The minimum absolute atomic E-state index is 0.144. The second-order valence-corrected chi connectivity index (χ2v) is 9.54. The molecule has 0 radical (unpaired) electrons. The van der Waals surface area contributed by atoms with Crippen molar-refractivity contribution in [2.75, 3.05) is 11.9 Å². The molecule has 9 heteroatoms. The zero-order valence-corrected chi connectivity index (χ0v) is 18.3. The first-order valence-electron chi connectivity index (χ1n) is 8.98. The molecule has 3 aromatic rings. The molecule has 0 saturated carbocycles. The highest BCUT2D eigenvalue weighted by atomic mass is 35.5. The topological polar surface area (TPSA) is 88.2 Å². The van der Waals surface area contributed by atoms with E-state index in [2.05, 4.69) is 15.6 Å². The maximum Gasteiger partial charge on any atom is 0.319 e. The fourth-order valence-corrected chi connectivity index (χ4v) is 4.74. The molecule has 6 nitrogen and oxygen atoms in total. The maximum atomic E-state index is 13.3. The number of nitrogens with one attached hydrogen (secondary N) is 2. The van der Waals surface area contributed by atoms with Crippen LogP contribution < -0.4 is 10.6 Å². The van der Waals surface area contributed by atoms with E-state index in [4.69, 9.17) is 23.2 Å². The number of amides is 2. The van der Waals surface area contributed by atoms with E-state index in [-0.39, 0.29) is 11.4 Å². The van der Waals surface area contributed by atoms with Crippen LogP contribution in [-0.4, -0.2) is 26.0 Å². The van der Waals surface area contributed by atoms with Crippen molar-refractivity contribution in [3.63, 3.8) is 0 Å². The van der Waals surface area contributed by atoms with Gasteiger partial charge in [0.05, 0.1) is 14.9 Å². The molecule has 0 spiro atoms. The Balaban J connectivity index is 1.80. The molecular formula is C21H19Cl2N3O3S. The van der Waals surface area contributed by atoms with E-state index in [0.29, 0.717) is 21.3 Å². The smallest absolute Gasteiger partial charge is 0.319 e. The Morgan fingerprint density at radius 2 is 1.80 bits per heavy atom. The first-order chi connectivity index (χ1) is 14.3. The van der Waals surface area contributed by atoms with Crippen molar-refractivity contribution in [2.45, 2.75) is 17.1 Å². The van der Waals surface area contributed by atoms with Gasteiger partial charge in [-0.15, -0.1) is 0 Å². The predicted molar refractivity (Wildman–Crippen MR) is 119 cm³/mol. The molecule has 0 saturated heterocycles. The summed E-state index contributed by atoms with van der Waals surface area (Å²) in [6.07, 6.45) is 3.04. The van der Waals surface area contributed by atoms with Gasteiger partial charge in [-0.05, 0) is 48.9 Å². The Kier molecular flexibility index (Phi) is 6.97. The third kappa shape index (κ3) is 5.30. The normalized spacial score (nSPS) is 12.2. The molecule has 1 aromatic heterocycles. The summed E-state index contributed by atoms with van der Waals surface area (Å²) < 4.78 is 26.5. The Morgan fingerprint density at radius 1 is 1.07 bits per heavy atom. The molecule has 1 heterocycles. The standard InChI is InChI=1S/C21H19Cl2N3O3S/c1-14-4-7-17(8-5-14)30(28,29)20(15-3-2-10-24-12-15)13-25-21(27)26-16-6-9-18(22)19(23)11-16/h2-12,20H,13H2,1H3,(H2,25,26,27). The lowest BCUT2D eigenvalue weighted by Crippen LogP contribution is -2.35. The summed E-state index contributed by atoms with van der Waals surface area (Å²) in [5.74, 6) is 0. The van der Waals surface area contributed by atoms with Crippen molar-refractivity contribution < 1.29 is 13.2 Å². The summed E-state index contributed by atoms with van der Waals surface area (Å²) in [6, 6.07) is 14.0. The van der Waals surface area contributed by atoms with Crippen LogP contribution in [0, 0.1) is 6.92 Å². The van der Waals surface area contributed by atoms with Gasteiger partial charge in [-0.2, -0.15) is 0 Å². The van der Waals surface area contributed by atoms with Crippen molar-refractivity contribution >= 4 is 44.8 Å². The van der Waals surface area contributed by atoms with Crippen LogP contribution in [0.25, 0.3) is 0 Å². The second kappa shape index (κ2) is 9.47. The van der Waals surface area contributed by atoms with Gasteiger partial charge in [0.25, 0.3) is 0 Å². The number of carbonyl (C=O) groups is 1. The lowest BCUT2D eigenvalue weighted by Gasteiger charge is -2.19. The molecule has 0 bridgehead atoms. The number of aryl methyl sites for hydroxylation is 1. The van der Waals surface area contributed by atoms with Crippen LogP contribution in [0.3, 0.4) is 0 Å². The molecule has 2 aromatic carbocycles. The van der Waals surface area contributed by atoms with Crippen LogP contribution in [0.1, 0.15) is 16.4 Å². The molecule has 1 unspecified atom stereocenters. The first kappa shape index (κ1) is 22.1. The molecular weight excluding hydrogens is 445 g/mol. The summed E-state index contributed by atoms with van der Waals surface area (Å²) in [7, 11) is -3.77. The average molecular weight is 464 g/mol. The number of hydrogen-bond acceptors (Lipinski definition) is 4. The zero-order valence-electron chi connectivity index (χ0n) is 16.0. The van der Waals surface area contributed by atoms with Gasteiger partial charge in [0, 0.05) is 24.6 Å². The SMILES string of the molecule is Cc1ccc(S(=O)(=O)C(CNC(=O)Nc2ccc(Cl)c(Cl)c2)c2cccnc2)cc1. The van der Waals surface area contributed by atoms with E-state index in [1.807, 2.05) is 6.92 Å². The van der Waals surface area contributed by atoms with Gasteiger partial charge in [-0.3, -0.25) is 4.98 Å². The lowest BCUT2D eigenvalue weighted by atomic mass is 10.2. The van der Waals surface area contributed by atoms with Gasteiger partial charge in [0.2, 0.25) is 0 Å². The number of aromatic nitrogens is 1. The predicted octanol–water partition coefficient (Wildman–Crippen LogP) is 5.03. The minimum Gasteiger partial charge on any atom is -0.336 e. The van der Waals surface area contributed by atoms with E-state index in [0.717, 1.165) is 5.56 Å². The van der Waals surface area contributed by atoms with E-state index < -0.39 is 21.1 Å². The Morgan fingerprint density at radius 3 is 2.43 bits per heavy atom. The van der Waals surface area contributed by atoms with Crippen LogP contribution in [0.15, 0.2) is 71.9 Å². The quantitative estimate of drug-likeness (QED) is 0.536. The Bertz CT molecular complexity index is 1140. The number of urea groups is 1. The molecule has 2 N–H and O–H groups in total. The number of rotatable bonds is 6. The van der Waals surface area contributed by atoms with Crippen molar-refractivity contribution in [2.24, 2.45) is 0 Å². The number of hydrogen-bond donors (Lipinski definition) is 2. The molecule has 1 atom stereocenters. The highest BCUT2D eigenvalue weighted by Gasteiger charge is 2.29. The summed E-state index contributed by atoms with van der Waals surface area (Å²) in [5, 5.41) is 4.88. The van der Waals surface area contributed by atoms with Gasteiger partial charge < -0.3 is 10.6 Å². The number of halogens is 2. The number of pyridine rings is 1. The van der Waals surface area contributed by atoms with Crippen molar-refractivity contribution in [1.82, 2.24) is 10.3 Å². The average Bonchev–Trinajstić information content (AvgIpc) is 2.72. The summed E-state index contributed by atoms with van der Waals surface area (Å²) in [5.41, 5.74) is 1.86. The van der Waals surface area contributed by atoms with Gasteiger partial charge in [-0.1, -0.05) is 47.0 Å². The minimum atomic E-state index is -3.77. The van der Waals surface area contributed by atoms with Crippen LogP contribution in [0.4, 0.5) is 10.5 Å². The number of benzene rings is 2. The second-order valence-electron chi connectivity index (χ2n) is 6.60. The Labute approximate surface area is 185 Å². The molecule has 0 aliphatic rings. The summed E-state index contributed by atoms with van der Waals surface area (Å²) >= 11 is 11.8. The monoisotopic (exact) mass is 463 g/mol. The van der Waals surface area contributed by atoms with Crippen molar-refractivity contribution in [3.8, 4) is 0 Å². The molecule has 30 heavy (non-hydrogen) atoms. The van der Waals surface area contributed by atoms with E-state index in [1.165, 1.54) is 12.3 Å². The third-order valence-electron chi connectivity index (χ3n) is 4.41. The first-order valence-corrected chi connectivity index (χ1v) is 11.3.